The largest absolute Gasteiger partial charge is 0.465 e. The average Bonchev–Trinajstić information content (AvgIpc) is 2.88. The van der Waals surface area contributed by atoms with E-state index in [2.05, 4.69) is 10.1 Å². The van der Waals surface area contributed by atoms with Crippen molar-refractivity contribution >= 4 is 29.4 Å². The second-order valence-electron chi connectivity index (χ2n) is 6.83. The Bertz CT molecular complexity index is 749. The van der Waals surface area contributed by atoms with Crippen LogP contribution in [0.4, 0.5) is 5.69 Å². The number of anilines is 1. The summed E-state index contributed by atoms with van der Waals surface area (Å²) in [5, 5.41) is 2.69. The third kappa shape index (κ3) is 3.34. The summed E-state index contributed by atoms with van der Waals surface area (Å²) in [5.41, 5.74) is 1.53. The van der Waals surface area contributed by atoms with Gasteiger partial charge in [0.1, 0.15) is 6.54 Å². The van der Waals surface area contributed by atoms with Gasteiger partial charge in [0.15, 0.2) is 0 Å². The molecule has 7 nitrogen and oxygen atoms in total. The first kappa shape index (κ1) is 18.1. The first-order valence-corrected chi connectivity index (χ1v) is 8.76. The fourth-order valence-corrected chi connectivity index (χ4v) is 3.72. The number of ether oxygens (including phenoxy) is 1. The van der Waals surface area contributed by atoms with Crippen LogP contribution in [0.15, 0.2) is 18.2 Å². The molecule has 1 saturated carbocycles. The van der Waals surface area contributed by atoms with Crippen LogP contribution >= 0.6 is 0 Å². The molecule has 3 amide bonds. The number of amides is 3. The molecule has 1 aromatic carbocycles. The molecular weight excluding hydrogens is 336 g/mol. The molecule has 0 spiro atoms. The van der Waals surface area contributed by atoms with E-state index in [9.17, 15) is 19.2 Å². The quantitative estimate of drug-likeness (QED) is 0.655. The highest BCUT2D eigenvalue weighted by molar-refractivity contribution is 6.08. The van der Waals surface area contributed by atoms with Gasteiger partial charge >= 0.3 is 5.97 Å². The summed E-state index contributed by atoms with van der Waals surface area (Å²) >= 11 is 0. The summed E-state index contributed by atoms with van der Waals surface area (Å²) in [7, 11) is 1.28. The topological polar surface area (TPSA) is 92.8 Å². The predicted octanol–water partition coefficient (Wildman–Crippen LogP) is 1.90. The van der Waals surface area contributed by atoms with Gasteiger partial charge in [-0.3, -0.25) is 19.3 Å². The van der Waals surface area contributed by atoms with Crippen molar-refractivity contribution in [1.29, 1.82) is 0 Å². The van der Waals surface area contributed by atoms with Crippen LogP contribution in [0.25, 0.3) is 0 Å². The van der Waals surface area contributed by atoms with E-state index >= 15 is 0 Å². The van der Waals surface area contributed by atoms with Crippen LogP contribution < -0.4 is 5.32 Å². The van der Waals surface area contributed by atoms with Crippen molar-refractivity contribution in [3.63, 3.8) is 0 Å². The van der Waals surface area contributed by atoms with Gasteiger partial charge in [-0.2, -0.15) is 0 Å². The van der Waals surface area contributed by atoms with Crippen LogP contribution in [-0.4, -0.2) is 42.2 Å². The zero-order chi connectivity index (χ0) is 18.8. The minimum atomic E-state index is -0.505. The Kier molecular flexibility index (Phi) is 5.06. The summed E-state index contributed by atoms with van der Waals surface area (Å²) in [6.07, 6.45) is 3.32. The van der Waals surface area contributed by atoms with Gasteiger partial charge in [-0.05, 0) is 37.5 Å². The summed E-state index contributed by atoms with van der Waals surface area (Å²) in [4.78, 5) is 50.0. The number of carbonyl (C=O) groups is 4. The number of rotatable bonds is 4. The summed E-state index contributed by atoms with van der Waals surface area (Å²) in [5.74, 6) is -1.99. The van der Waals surface area contributed by atoms with Gasteiger partial charge in [-0.15, -0.1) is 0 Å². The molecular formula is C19H22N2O5. The van der Waals surface area contributed by atoms with Gasteiger partial charge < -0.3 is 10.1 Å². The highest BCUT2D eigenvalue weighted by Gasteiger charge is 2.48. The van der Waals surface area contributed by atoms with E-state index in [0.717, 1.165) is 23.3 Å². The van der Waals surface area contributed by atoms with Crippen LogP contribution in [0.2, 0.25) is 0 Å². The van der Waals surface area contributed by atoms with E-state index in [1.807, 2.05) is 0 Å². The molecule has 1 N–H and O–H groups in total. The molecule has 1 saturated heterocycles. The molecule has 138 valence electrons. The predicted molar refractivity (Wildman–Crippen MR) is 93.3 cm³/mol. The molecule has 1 aliphatic heterocycles. The molecule has 1 aliphatic carbocycles. The number of fused-ring (bicyclic) bond motifs is 1. The van der Waals surface area contributed by atoms with Crippen molar-refractivity contribution in [2.24, 2.45) is 11.8 Å². The Labute approximate surface area is 151 Å². The van der Waals surface area contributed by atoms with Gasteiger partial charge in [0.2, 0.25) is 17.7 Å². The Morgan fingerprint density at radius 1 is 1.15 bits per heavy atom. The lowest BCUT2D eigenvalue weighted by Crippen LogP contribution is -2.38. The SMILES string of the molecule is COC(=O)c1ccc(C)c(NC(=O)CN2C(=O)[C@H]3CCCC[C@H]3C2=O)c1. The molecule has 26 heavy (non-hydrogen) atoms. The van der Waals surface area contributed by atoms with Crippen LogP contribution in [-0.2, 0) is 19.1 Å². The fraction of sp³-hybridized carbons (Fsp3) is 0.474. The first-order chi connectivity index (χ1) is 12.4. The number of hydrogen-bond donors (Lipinski definition) is 1. The smallest absolute Gasteiger partial charge is 0.337 e. The molecule has 2 atom stereocenters. The summed E-state index contributed by atoms with van der Waals surface area (Å²) in [6.45, 7) is 1.49. The Morgan fingerprint density at radius 3 is 2.35 bits per heavy atom. The molecule has 7 heteroatoms. The van der Waals surface area contributed by atoms with Gasteiger partial charge in [0, 0.05) is 5.69 Å². The van der Waals surface area contributed by atoms with Crippen LogP contribution in [0.1, 0.15) is 41.6 Å². The second kappa shape index (κ2) is 7.27. The highest BCUT2D eigenvalue weighted by atomic mass is 16.5. The maximum atomic E-state index is 12.5. The molecule has 0 bridgehead atoms. The number of esters is 1. The lowest BCUT2D eigenvalue weighted by atomic mass is 9.81. The summed E-state index contributed by atoms with van der Waals surface area (Å²) < 4.78 is 4.68. The maximum absolute atomic E-state index is 12.5. The molecule has 1 heterocycles. The number of nitrogens with zero attached hydrogens (tertiary/aromatic N) is 1. The van der Waals surface area contributed by atoms with Crippen molar-refractivity contribution in [2.45, 2.75) is 32.6 Å². The normalized spacial score (nSPS) is 22.2. The Hall–Kier alpha value is -2.70. The minimum Gasteiger partial charge on any atom is -0.465 e. The van der Waals surface area contributed by atoms with Gasteiger partial charge in [-0.25, -0.2) is 4.79 Å². The lowest BCUT2D eigenvalue weighted by molar-refractivity contribution is -0.142. The zero-order valence-corrected chi connectivity index (χ0v) is 14.9. The van der Waals surface area contributed by atoms with Gasteiger partial charge in [0.05, 0.1) is 24.5 Å². The van der Waals surface area contributed by atoms with Crippen molar-refractivity contribution in [1.82, 2.24) is 4.90 Å². The molecule has 0 unspecified atom stereocenters. The van der Waals surface area contributed by atoms with E-state index in [4.69, 9.17) is 0 Å². The number of hydrogen-bond acceptors (Lipinski definition) is 5. The van der Waals surface area contributed by atoms with Crippen LogP contribution in [0.5, 0.6) is 0 Å². The van der Waals surface area contributed by atoms with E-state index in [0.29, 0.717) is 24.1 Å². The van der Waals surface area contributed by atoms with E-state index < -0.39 is 11.9 Å². The number of likely N-dealkylation sites (tertiary alicyclic amines) is 1. The number of carbonyl (C=O) groups excluding carboxylic acids is 4. The number of methoxy groups -OCH3 is 1. The van der Waals surface area contributed by atoms with E-state index in [1.54, 1.807) is 19.1 Å². The van der Waals surface area contributed by atoms with Crippen molar-refractivity contribution in [3.05, 3.63) is 29.3 Å². The van der Waals surface area contributed by atoms with Gasteiger partial charge in [0.25, 0.3) is 0 Å². The van der Waals surface area contributed by atoms with Crippen LogP contribution in [0, 0.1) is 18.8 Å². The van der Waals surface area contributed by atoms with Crippen molar-refractivity contribution in [3.8, 4) is 0 Å². The lowest BCUT2D eigenvalue weighted by Gasteiger charge is -2.19. The minimum absolute atomic E-state index is 0.241. The number of aryl methyl sites for hydroxylation is 1. The molecule has 2 aliphatic rings. The molecule has 0 aromatic heterocycles. The third-order valence-corrected chi connectivity index (χ3v) is 5.17. The number of benzene rings is 1. The monoisotopic (exact) mass is 358 g/mol. The number of nitrogens with one attached hydrogen (secondary N) is 1. The van der Waals surface area contributed by atoms with E-state index in [1.165, 1.54) is 13.2 Å². The molecule has 0 radical (unpaired) electrons. The number of imide groups is 1. The second-order valence-corrected chi connectivity index (χ2v) is 6.83. The molecule has 1 aromatic rings. The van der Waals surface area contributed by atoms with E-state index in [-0.39, 0.29) is 30.2 Å². The van der Waals surface area contributed by atoms with Crippen LogP contribution in [0.3, 0.4) is 0 Å². The first-order valence-electron chi connectivity index (χ1n) is 8.76. The standard InChI is InChI=1S/C19H22N2O5/c1-11-7-8-12(19(25)26-2)9-15(11)20-16(22)10-21-17(23)13-5-3-4-6-14(13)18(21)24/h7-9,13-14H,3-6,10H2,1-2H3,(H,20,22)/t13-,14+. The Morgan fingerprint density at radius 2 is 1.77 bits per heavy atom. The highest BCUT2D eigenvalue weighted by Crippen LogP contribution is 2.37. The zero-order valence-electron chi connectivity index (χ0n) is 14.9. The fourth-order valence-electron chi connectivity index (χ4n) is 3.72. The summed E-state index contributed by atoms with van der Waals surface area (Å²) in [6, 6.07) is 4.82. The molecule has 3 rings (SSSR count). The van der Waals surface area contributed by atoms with Gasteiger partial charge in [-0.1, -0.05) is 18.9 Å². The van der Waals surface area contributed by atoms with Crippen molar-refractivity contribution in [2.75, 3.05) is 19.0 Å². The molecule has 2 fully saturated rings. The Balaban J connectivity index is 1.70. The average molecular weight is 358 g/mol. The van der Waals surface area contributed by atoms with Crippen molar-refractivity contribution < 1.29 is 23.9 Å². The third-order valence-electron chi connectivity index (χ3n) is 5.17. The maximum Gasteiger partial charge on any atom is 0.337 e.